The summed E-state index contributed by atoms with van der Waals surface area (Å²) in [5.41, 5.74) is 5.79. The van der Waals surface area contributed by atoms with Crippen molar-refractivity contribution in [3.63, 3.8) is 0 Å². The second kappa shape index (κ2) is 4.77. The Morgan fingerprint density at radius 3 is 2.89 bits per heavy atom. The highest BCUT2D eigenvalue weighted by Crippen LogP contribution is 2.19. The molecule has 0 aliphatic carbocycles. The molecule has 0 spiro atoms. The Hall–Kier alpha value is -1.89. The van der Waals surface area contributed by atoms with E-state index < -0.39 is 5.97 Å². The van der Waals surface area contributed by atoms with Crippen LogP contribution < -0.4 is 5.73 Å². The van der Waals surface area contributed by atoms with Gasteiger partial charge in [-0.05, 0) is 12.8 Å². The zero-order valence-corrected chi connectivity index (χ0v) is 10.2. The van der Waals surface area contributed by atoms with E-state index in [0.29, 0.717) is 13.1 Å². The van der Waals surface area contributed by atoms with Gasteiger partial charge in [-0.15, -0.1) is 0 Å². The lowest BCUT2D eigenvalue weighted by molar-refractivity contribution is 0.0688. The minimum Gasteiger partial charge on any atom is -0.476 e. The van der Waals surface area contributed by atoms with Crippen LogP contribution in [-0.2, 0) is 7.05 Å². The first kappa shape index (κ1) is 12.6. The van der Waals surface area contributed by atoms with E-state index in [0.717, 1.165) is 12.8 Å². The molecule has 0 saturated carbocycles. The number of hydrogen-bond donors (Lipinski definition) is 2. The first-order chi connectivity index (χ1) is 8.54. The van der Waals surface area contributed by atoms with Crippen LogP contribution in [0.4, 0.5) is 0 Å². The molecular formula is C11H16N4O3. The van der Waals surface area contributed by atoms with E-state index in [1.165, 1.54) is 10.7 Å². The van der Waals surface area contributed by atoms with E-state index in [4.69, 9.17) is 10.8 Å². The molecule has 1 aromatic rings. The van der Waals surface area contributed by atoms with Gasteiger partial charge in [0.05, 0.1) is 0 Å². The minimum absolute atomic E-state index is 0.0423. The SMILES string of the molecule is Cn1nc(C(=O)O)cc1C(=O)N1CCCC1CN. The third kappa shape index (κ3) is 2.08. The van der Waals surface area contributed by atoms with E-state index in [9.17, 15) is 9.59 Å². The lowest BCUT2D eigenvalue weighted by Gasteiger charge is -2.23. The van der Waals surface area contributed by atoms with Crippen molar-refractivity contribution in [2.24, 2.45) is 12.8 Å². The molecule has 1 fully saturated rings. The van der Waals surface area contributed by atoms with Gasteiger partial charge >= 0.3 is 5.97 Å². The highest BCUT2D eigenvalue weighted by molar-refractivity contribution is 5.96. The molecule has 1 saturated heterocycles. The van der Waals surface area contributed by atoms with Crippen molar-refractivity contribution in [2.45, 2.75) is 18.9 Å². The molecule has 3 N–H and O–H groups in total. The molecule has 0 bridgehead atoms. The number of carbonyl (C=O) groups is 2. The summed E-state index contributed by atoms with van der Waals surface area (Å²) in [5.74, 6) is -1.34. The normalized spacial score (nSPS) is 19.2. The number of likely N-dealkylation sites (tertiary alicyclic amines) is 1. The molecule has 2 rings (SSSR count). The smallest absolute Gasteiger partial charge is 0.356 e. The van der Waals surface area contributed by atoms with E-state index in [1.807, 2.05) is 0 Å². The highest BCUT2D eigenvalue weighted by Gasteiger charge is 2.30. The van der Waals surface area contributed by atoms with Crippen LogP contribution in [0.1, 0.15) is 33.8 Å². The highest BCUT2D eigenvalue weighted by atomic mass is 16.4. The van der Waals surface area contributed by atoms with Gasteiger partial charge in [-0.25, -0.2) is 4.79 Å². The molecule has 0 aromatic carbocycles. The molecule has 1 unspecified atom stereocenters. The molecule has 18 heavy (non-hydrogen) atoms. The topological polar surface area (TPSA) is 101 Å². The average Bonchev–Trinajstić information content (AvgIpc) is 2.93. The van der Waals surface area contributed by atoms with Crippen molar-refractivity contribution < 1.29 is 14.7 Å². The molecule has 1 atom stereocenters. The Balaban J connectivity index is 2.25. The van der Waals surface area contributed by atoms with Crippen LogP contribution in [0.3, 0.4) is 0 Å². The van der Waals surface area contributed by atoms with Crippen LogP contribution in [0, 0.1) is 0 Å². The maximum atomic E-state index is 12.3. The summed E-state index contributed by atoms with van der Waals surface area (Å²) in [5, 5.41) is 12.6. The van der Waals surface area contributed by atoms with Gasteiger partial charge < -0.3 is 15.7 Å². The predicted molar refractivity (Wildman–Crippen MR) is 63.3 cm³/mol. The third-order valence-corrected chi connectivity index (χ3v) is 3.23. The van der Waals surface area contributed by atoms with Crippen molar-refractivity contribution in [3.05, 3.63) is 17.5 Å². The maximum absolute atomic E-state index is 12.3. The molecule has 1 aliphatic rings. The van der Waals surface area contributed by atoms with Gasteiger partial charge in [0.2, 0.25) is 0 Å². The summed E-state index contributed by atoms with van der Waals surface area (Å²) in [4.78, 5) is 24.8. The second-order valence-electron chi connectivity index (χ2n) is 4.37. The van der Waals surface area contributed by atoms with E-state index in [-0.39, 0.29) is 23.3 Å². The zero-order chi connectivity index (χ0) is 13.3. The van der Waals surface area contributed by atoms with E-state index >= 15 is 0 Å². The number of nitrogens with zero attached hydrogens (tertiary/aromatic N) is 3. The van der Waals surface area contributed by atoms with Gasteiger partial charge in [0.25, 0.3) is 5.91 Å². The fourth-order valence-corrected chi connectivity index (χ4v) is 2.27. The van der Waals surface area contributed by atoms with Crippen LogP contribution in [0.15, 0.2) is 6.07 Å². The molecule has 7 heteroatoms. The Kier molecular flexibility index (Phi) is 3.33. The second-order valence-corrected chi connectivity index (χ2v) is 4.37. The Bertz CT molecular complexity index is 483. The average molecular weight is 252 g/mol. The summed E-state index contributed by atoms with van der Waals surface area (Å²) in [6, 6.07) is 1.34. The number of carboxylic acid groups (broad SMARTS) is 1. The van der Waals surface area contributed by atoms with Gasteiger partial charge in [-0.3, -0.25) is 9.48 Å². The van der Waals surface area contributed by atoms with Crippen molar-refractivity contribution >= 4 is 11.9 Å². The van der Waals surface area contributed by atoms with Gasteiger partial charge in [0, 0.05) is 32.2 Å². The Labute approximate surface area is 104 Å². The van der Waals surface area contributed by atoms with Crippen molar-refractivity contribution in [1.29, 1.82) is 0 Å². The lowest BCUT2D eigenvalue weighted by atomic mass is 10.2. The number of amides is 1. The van der Waals surface area contributed by atoms with Crippen molar-refractivity contribution in [2.75, 3.05) is 13.1 Å². The van der Waals surface area contributed by atoms with Gasteiger partial charge in [0.15, 0.2) is 5.69 Å². The summed E-state index contributed by atoms with van der Waals surface area (Å²) < 4.78 is 1.30. The van der Waals surface area contributed by atoms with Gasteiger partial charge in [-0.2, -0.15) is 5.10 Å². The van der Waals surface area contributed by atoms with Crippen LogP contribution >= 0.6 is 0 Å². The van der Waals surface area contributed by atoms with Crippen LogP contribution in [0.2, 0.25) is 0 Å². The number of carboxylic acids is 1. The number of rotatable bonds is 3. The molecule has 1 aliphatic heterocycles. The number of hydrogen-bond acceptors (Lipinski definition) is 4. The molecule has 0 radical (unpaired) electrons. The lowest BCUT2D eigenvalue weighted by Crippen LogP contribution is -2.40. The summed E-state index contributed by atoms with van der Waals surface area (Å²) in [6.45, 7) is 1.09. The number of carbonyl (C=O) groups excluding carboxylic acids is 1. The van der Waals surface area contributed by atoms with Crippen LogP contribution in [-0.4, -0.2) is 50.8 Å². The van der Waals surface area contributed by atoms with Crippen LogP contribution in [0.5, 0.6) is 0 Å². The van der Waals surface area contributed by atoms with E-state index in [2.05, 4.69) is 5.10 Å². The van der Waals surface area contributed by atoms with E-state index in [1.54, 1.807) is 11.9 Å². The Morgan fingerprint density at radius 2 is 2.33 bits per heavy atom. The maximum Gasteiger partial charge on any atom is 0.356 e. The fourth-order valence-electron chi connectivity index (χ4n) is 2.27. The van der Waals surface area contributed by atoms with Gasteiger partial charge in [-0.1, -0.05) is 0 Å². The molecule has 2 heterocycles. The quantitative estimate of drug-likeness (QED) is 0.767. The molecule has 7 nitrogen and oxygen atoms in total. The molecule has 1 aromatic heterocycles. The zero-order valence-electron chi connectivity index (χ0n) is 10.2. The summed E-state index contributed by atoms with van der Waals surface area (Å²) in [6.07, 6.45) is 1.82. The van der Waals surface area contributed by atoms with Crippen molar-refractivity contribution in [3.8, 4) is 0 Å². The fraction of sp³-hybridized carbons (Fsp3) is 0.545. The molecular weight excluding hydrogens is 236 g/mol. The monoisotopic (exact) mass is 252 g/mol. The first-order valence-corrected chi connectivity index (χ1v) is 5.83. The summed E-state index contributed by atoms with van der Waals surface area (Å²) in [7, 11) is 1.56. The predicted octanol–water partition coefficient (Wildman–Crippen LogP) is -0.318. The number of aromatic carboxylic acids is 1. The summed E-state index contributed by atoms with van der Waals surface area (Å²) >= 11 is 0. The first-order valence-electron chi connectivity index (χ1n) is 5.83. The largest absolute Gasteiger partial charge is 0.476 e. The Morgan fingerprint density at radius 1 is 1.61 bits per heavy atom. The van der Waals surface area contributed by atoms with Gasteiger partial charge in [0.1, 0.15) is 5.69 Å². The van der Waals surface area contributed by atoms with Crippen molar-refractivity contribution in [1.82, 2.24) is 14.7 Å². The van der Waals surface area contributed by atoms with Crippen LogP contribution in [0.25, 0.3) is 0 Å². The number of aryl methyl sites for hydroxylation is 1. The molecule has 98 valence electrons. The number of aromatic nitrogens is 2. The molecule has 1 amide bonds. The standard InChI is InChI=1S/C11H16N4O3/c1-14-9(5-8(13-14)11(17)18)10(16)15-4-2-3-7(15)6-12/h5,7H,2-4,6,12H2,1H3,(H,17,18). The third-order valence-electron chi connectivity index (χ3n) is 3.23. The number of nitrogens with two attached hydrogens (primary N) is 1. The minimum atomic E-state index is -1.14.